The van der Waals surface area contributed by atoms with E-state index in [1.807, 2.05) is 0 Å². The van der Waals surface area contributed by atoms with Crippen molar-refractivity contribution in [3.05, 3.63) is 29.7 Å². The van der Waals surface area contributed by atoms with E-state index in [1.165, 1.54) is 16.9 Å². The third-order valence-electron chi connectivity index (χ3n) is 6.32. The topological polar surface area (TPSA) is 116 Å². The molecule has 0 bridgehead atoms. The number of rotatable bonds is 11. The Labute approximate surface area is 228 Å². The molecule has 4 N–H and O–H groups in total. The molecular formula is C25H36F6N6O3. The van der Waals surface area contributed by atoms with Crippen molar-refractivity contribution >= 4 is 11.7 Å². The molecule has 3 atom stereocenters. The molecule has 226 valence electrons. The molecule has 15 heteroatoms. The van der Waals surface area contributed by atoms with Crippen LogP contribution in [0.3, 0.4) is 0 Å². The molecule has 3 rings (SSSR count). The van der Waals surface area contributed by atoms with Crippen molar-refractivity contribution in [2.75, 3.05) is 13.2 Å². The number of ether oxygens (including phenoxy) is 2. The molecule has 0 aliphatic heterocycles. The zero-order valence-corrected chi connectivity index (χ0v) is 23.0. The summed E-state index contributed by atoms with van der Waals surface area (Å²) in [6.45, 7) is 6.39. The third kappa shape index (κ3) is 8.93. The van der Waals surface area contributed by atoms with E-state index < -0.39 is 60.6 Å². The molecular weight excluding hydrogens is 546 g/mol. The highest BCUT2D eigenvalue weighted by molar-refractivity contribution is 5.68. The standard InChI is InChI=1S/C25H36F6N6O3/c1-22(2,3)40-21(38)36-16(9-23(4,5)25(29,30)31)17-12-37-20(35-17)8-14(10-34-37)18(13-39-15-6-7-15)33-11-19(32)24(26,27)28/h8,10,12,15-16,18-19,33H,6-7,9,11,13,32H2,1-5H3,(H,36,38)/t16-,18+,19-/m0/s1. The number of alkyl carbamates (subject to hydrolysis) is 1. The molecule has 2 heterocycles. The van der Waals surface area contributed by atoms with Gasteiger partial charge in [-0.15, -0.1) is 0 Å². The molecule has 0 radical (unpaired) electrons. The number of imidazole rings is 1. The van der Waals surface area contributed by atoms with Gasteiger partial charge in [0.1, 0.15) is 11.6 Å². The van der Waals surface area contributed by atoms with Crippen molar-refractivity contribution in [1.29, 1.82) is 0 Å². The van der Waals surface area contributed by atoms with Gasteiger partial charge < -0.3 is 25.8 Å². The third-order valence-corrected chi connectivity index (χ3v) is 6.32. The first-order valence-electron chi connectivity index (χ1n) is 12.8. The number of amides is 1. The number of nitrogens with zero attached hydrogens (tertiary/aromatic N) is 3. The Morgan fingerprint density at radius 3 is 2.33 bits per heavy atom. The number of hydrogen-bond acceptors (Lipinski definition) is 7. The van der Waals surface area contributed by atoms with Crippen molar-refractivity contribution in [3.63, 3.8) is 0 Å². The van der Waals surface area contributed by atoms with E-state index in [9.17, 15) is 31.1 Å². The molecule has 2 aromatic rings. The van der Waals surface area contributed by atoms with Gasteiger partial charge in [-0.25, -0.2) is 14.3 Å². The summed E-state index contributed by atoms with van der Waals surface area (Å²) >= 11 is 0. The molecule has 40 heavy (non-hydrogen) atoms. The van der Waals surface area contributed by atoms with Crippen LogP contribution in [0.5, 0.6) is 0 Å². The smallest absolute Gasteiger partial charge is 0.408 e. The number of nitrogens with two attached hydrogens (primary N) is 1. The van der Waals surface area contributed by atoms with Crippen molar-refractivity contribution in [3.8, 4) is 0 Å². The van der Waals surface area contributed by atoms with Gasteiger partial charge in [0, 0.05) is 6.54 Å². The molecule has 9 nitrogen and oxygen atoms in total. The van der Waals surface area contributed by atoms with Gasteiger partial charge in [-0.05, 0) is 51.7 Å². The van der Waals surface area contributed by atoms with Gasteiger partial charge in [0.05, 0.1) is 48.3 Å². The van der Waals surface area contributed by atoms with Gasteiger partial charge in [0.25, 0.3) is 0 Å². The highest BCUT2D eigenvalue weighted by Crippen LogP contribution is 2.43. The normalized spacial score (nSPS) is 17.5. The SMILES string of the molecule is CC(C)(C)OC(=O)N[C@@H](CC(C)(C)C(F)(F)F)c1cn2ncc([C@@H](COC3CC3)NC[C@H](N)C(F)(F)F)cc2n1. The maximum atomic E-state index is 13.7. The Balaban J connectivity index is 1.89. The lowest BCUT2D eigenvalue weighted by atomic mass is 9.84. The fourth-order valence-corrected chi connectivity index (χ4v) is 3.70. The average molecular weight is 583 g/mol. The predicted octanol–water partition coefficient (Wildman–Crippen LogP) is 4.97. The van der Waals surface area contributed by atoms with Crippen LogP contribution < -0.4 is 16.4 Å². The van der Waals surface area contributed by atoms with Crippen molar-refractivity contribution in [2.45, 2.75) is 96.1 Å². The quantitative estimate of drug-likeness (QED) is 0.321. The molecule has 1 amide bonds. The molecule has 1 saturated carbocycles. The van der Waals surface area contributed by atoms with Crippen LogP contribution in [0.25, 0.3) is 5.65 Å². The lowest BCUT2D eigenvalue weighted by molar-refractivity contribution is -0.215. The Morgan fingerprint density at radius 1 is 1.12 bits per heavy atom. The van der Waals surface area contributed by atoms with Gasteiger partial charge in [-0.1, -0.05) is 13.8 Å². The minimum Gasteiger partial charge on any atom is -0.444 e. The summed E-state index contributed by atoms with van der Waals surface area (Å²) in [6.07, 6.45) is -6.07. The monoisotopic (exact) mass is 582 g/mol. The Morgan fingerprint density at radius 2 is 1.77 bits per heavy atom. The first-order chi connectivity index (χ1) is 18.2. The van der Waals surface area contributed by atoms with Crippen LogP contribution in [-0.2, 0) is 9.47 Å². The van der Waals surface area contributed by atoms with Crippen LogP contribution in [0.1, 0.15) is 77.2 Å². The van der Waals surface area contributed by atoms with Gasteiger partial charge in [-0.3, -0.25) is 0 Å². The molecule has 1 aliphatic carbocycles. The summed E-state index contributed by atoms with van der Waals surface area (Å²) in [5, 5.41) is 9.50. The van der Waals surface area contributed by atoms with Crippen LogP contribution in [0, 0.1) is 5.41 Å². The Hall–Kier alpha value is -2.65. The van der Waals surface area contributed by atoms with E-state index in [4.69, 9.17) is 15.2 Å². The van der Waals surface area contributed by atoms with Gasteiger partial charge >= 0.3 is 18.4 Å². The molecule has 2 aromatic heterocycles. The maximum absolute atomic E-state index is 13.7. The van der Waals surface area contributed by atoms with Crippen LogP contribution >= 0.6 is 0 Å². The number of halogens is 6. The summed E-state index contributed by atoms with van der Waals surface area (Å²) in [7, 11) is 0. The van der Waals surface area contributed by atoms with Gasteiger partial charge in [0.15, 0.2) is 5.65 Å². The highest BCUT2D eigenvalue weighted by atomic mass is 19.4. The lowest BCUT2D eigenvalue weighted by Crippen LogP contribution is -2.46. The van der Waals surface area contributed by atoms with E-state index in [1.54, 1.807) is 26.8 Å². The van der Waals surface area contributed by atoms with Crippen LogP contribution in [-0.4, -0.2) is 63.9 Å². The van der Waals surface area contributed by atoms with Gasteiger partial charge in [-0.2, -0.15) is 31.4 Å². The maximum Gasteiger partial charge on any atom is 0.408 e. The molecule has 1 fully saturated rings. The summed E-state index contributed by atoms with van der Waals surface area (Å²) in [5.41, 5.74) is 2.94. The number of alkyl halides is 6. The number of aromatic nitrogens is 3. The van der Waals surface area contributed by atoms with Crippen molar-refractivity contribution < 1.29 is 40.6 Å². The molecule has 0 aromatic carbocycles. The summed E-state index contributed by atoms with van der Waals surface area (Å²) in [6, 6.07) is -2.44. The number of hydrogen-bond donors (Lipinski definition) is 3. The summed E-state index contributed by atoms with van der Waals surface area (Å²) < 4.78 is 92.3. The van der Waals surface area contributed by atoms with Crippen molar-refractivity contribution in [1.82, 2.24) is 25.2 Å². The second kappa shape index (κ2) is 11.7. The molecule has 1 aliphatic rings. The zero-order valence-electron chi connectivity index (χ0n) is 23.0. The number of nitrogens with one attached hydrogen (secondary N) is 2. The van der Waals surface area contributed by atoms with E-state index in [2.05, 4.69) is 20.7 Å². The number of carbonyl (C=O) groups is 1. The van der Waals surface area contributed by atoms with E-state index in [0.29, 0.717) is 5.56 Å². The molecule has 0 saturated heterocycles. The minimum atomic E-state index is -4.59. The highest BCUT2D eigenvalue weighted by Gasteiger charge is 2.49. The lowest BCUT2D eigenvalue weighted by Gasteiger charge is -2.32. The number of carbonyl (C=O) groups excluding carboxylic acids is 1. The van der Waals surface area contributed by atoms with Gasteiger partial charge in [0.2, 0.25) is 0 Å². The zero-order chi connectivity index (χ0) is 30.1. The first kappa shape index (κ1) is 31.9. The van der Waals surface area contributed by atoms with Crippen LogP contribution in [0.4, 0.5) is 31.1 Å². The minimum absolute atomic E-state index is 0.0342. The second-order valence-electron chi connectivity index (χ2n) is 11.7. The van der Waals surface area contributed by atoms with E-state index in [0.717, 1.165) is 26.7 Å². The predicted molar refractivity (Wildman–Crippen MR) is 133 cm³/mol. The first-order valence-corrected chi connectivity index (χ1v) is 12.8. The Kier molecular flexibility index (Phi) is 9.31. The molecule has 0 unspecified atom stereocenters. The molecule has 0 spiro atoms. The largest absolute Gasteiger partial charge is 0.444 e. The summed E-state index contributed by atoms with van der Waals surface area (Å²) in [4.78, 5) is 16.9. The van der Waals surface area contributed by atoms with E-state index >= 15 is 0 Å². The number of fused-ring (bicyclic) bond motifs is 1. The fourth-order valence-electron chi connectivity index (χ4n) is 3.70. The van der Waals surface area contributed by atoms with Crippen LogP contribution in [0.2, 0.25) is 0 Å². The van der Waals surface area contributed by atoms with Crippen LogP contribution in [0.15, 0.2) is 18.5 Å². The fraction of sp³-hybridized carbons (Fsp3) is 0.720. The van der Waals surface area contributed by atoms with E-state index in [-0.39, 0.29) is 24.1 Å². The van der Waals surface area contributed by atoms with Crippen molar-refractivity contribution in [2.24, 2.45) is 11.1 Å². The average Bonchev–Trinajstić information content (AvgIpc) is 3.51. The Bertz CT molecular complexity index is 1160. The summed E-state index contributed by atoms with van der Waals surface area (Å²) in [5.74, 6) is 0. The second-order valence-corrected chi connectivity index (χ2v) is 11.7.